The summed E-state index contributed by atoms with van der Waals surface area (Å²) < 4.78 is 5.05. The zero-order valence-corrected chi connectivity index (χ0v) is 11.7. The standard InChI is InChI=1S/C12H19ClN4O/c1-3-16-4-6-17(7-5-16)12-8-10(13)14-11(15-12)9-18-2/h8H,3-7,9H2,1-2H3. The molecule has 0 amide bonds. The third-order valence-corrected chi connectivity index (χ3v) is 3.34. The largest absolute Gasteiger partial charge is 0.377 e. The van der Waals surface area contributed by atoms with E-state index in [1.54, 1.807) is 7.11 Å². The first kappa shape index (κ1) is 13.5. The Morgan fingerprint density at radius 2 is 2.00 bits per heavy atom. The van der Waals surface area contributed by atoms with Crippen molar-refractivity contribution in [1.82, 2.24) is 14.9 Å². The Morgan fingerprint density at radius 3 is 2.61 bits per heavy atom. The minimum absolute atomic E-state index is 0.391. The maximum absolute atomic E-state index is 6.02. The summed E-state index contributed by atoms with van der Waals surface area (Å²) in [5, 5.41) is 0.477. The van der Waals surface area contributed by atoms with Crippen LogP contribution in [0.2, 0.25) is 5.15 Å². The van der Waals surface area contributed by atoms with Crippen molar-refractivity contribution >= 4 is 17.4 Å². The van der Waals surface area contributed by atoms with E-state index >= 15 is 0 Å². The van der Waals surface area contributed by atoms with Crippen molar-refractivity contribution < 1.29 is 4.74 Å². The molecule has 0 bridgehead atoms. The first-order chi connectivity index (χ1) is 8.72. The Bertz CT molecular complexity index is 394. The van der Waals surface area contributed by atoms with Crippen molar-refractivity contribution in [2.45, 2.75) is 13.5 Å². The second kappa shape index (κ2) is 6.31. The van der Waals surface area contributed by atoms with Crippen LogP contribution < -0.4 is 4.90 Å². The summed E-state index contributed by atoms with van der Waals surface area (Å²) in [7, 11) is 1.63. The fourth-order valence-electron chi connectivity index (χ4n) is 2.10. The van der Waals surface area contributed by atoms with E-state index in [2.05, 4.69) is 26.7 Å². The van der Waals surface area contributed by atoms with Crippen molar-refractivity contribution in [3.8, 4) is 0 Å². The lowest BCUT2D eigenvalue weighted by molar-refractivity contribution is 0.177. The summed E-state index contributed by atoms with van der Waals surface area (Å²) in [5.41, 5.74) is 0. The summed E-state index contributed by atoms with van der Waals surface area (Å²) in [6.45, 7) is 7.78. The van der Waals surface area contributed by atoms with Gasteiger partial charge in [-0.05, 0) is 6.54 Å². The number of ether oxygens (including phenoxy) is 1. The zero-order valence-electron chi connectivity index (χ0n) is 10.9. The van der Waals surface area contributed by atoms with E-state index < -0.39 is 0 Å². The van der Waals surface area contributed by atoms with Gasteiger partial charge in [-0.15, -0.1) is 0 Å². The first-order valence-electron chi connectivity index (χ1n) is 6.22. The molecule has 1 aliphatic rings. The van der Waals surface area contributed by atoms with Gasteiger partial charge in [0.25, 0.3) is 0 Å². The molecule has 0 aliphatic carbocycles. The van der Waals surface area contributed by atoms with Gasteiger partial charge in [-0.3, -0.25) is 0 Å². The van der Waals surface area contributed by atoms with Gasteiger partial charge >= 0.3 is 0 Å². The Hall–Kier alpha value is -0.910. The third-order valence-electron chi connectivity index (χ3n) is 3.14. The first-order valence-corrected chi connectivity index (χ1v) is 6.60. The molecule has 0 N–H and O–H groups in total. The molecule has 1 fully saturated rings. The van der Waals surface area contributed by atoms with Crippen LogP contribution in [0.1, 0.15) is 12.7 Å². The van der Waals surface area contributed by atoms with Crippen molar-refractivity contribution in [2.75, 3.05) is 44.7 Å². The Labute approximate surface area is 113 Å². The molecular weight excluding hydrogens is 252 g/mol. The van der Waals surface area contributed by atoms with E-state index in [1.807, 2.05) is 6.07 Å². The number of anilines is 1. The van der Waals surface area contributed by atoms with E-state index in [0.29, 0.717) is 17.6 Å². The number of hydrogen-bond donors (Lipinski definition) is 0. The van der Waals surface area contributed by atoms with E-state index in [1.165, 1.54) is 0 Å². The van der Waals surface area contributed by atoms with Crippen molar-refractivity contribution in [1.29, 1.82) is 0 Å². The molecule has 2 rings (SSSR count). The highest BCUT2D eigenvalue weighted by atomic mass is 35.5. The molecule has 100 valence electrons. The minimum atomic E-state index is 0.391. The highest BCUT2D eigenvalue weighted by Crippen LogP contribution is 2.18. The molecular formula is C12H19ClN4O. The van der Waals surface area contributed by atoms with Gasteiger partial charge in [-0.2, -0.15) is 0 Å². The number of rotatable bonds is 4. The smallest absolute Gasteiger partial charge is 0.158 e. The Kier molecular flexibility index (Phi) is 4.74. The van der Waals surface area contributed by atoms with Crippen molar-refractivity contribution in [3.63, 3.8) is 0 Å². The van der Waals surface area contributed by atoms with Gasteiger partial charge in [0.15, 0.2) is 5.82 Å². The van der Waals surface area contributed by atoms with Gasteiger partial charge in [0.05, 0.1) is 0 Å². The maximum atomic E-state index is 6.02. The molecule has 0 saturated carbocycles. The number of halogens is 1. The van der Waals surface area contributed by atoms with Crippen LogP contribution in [0.5, 0.6) is 0 Å². The molecule has 18 heavy (non-hydrogen) atoms. The van der Waals surface area contributed by atoms with Gasteiger partial charge in [0.1, 0.15) is 17.6 Å². The van der Waals surface area contributed by atoms with Gasteiger partial charge in [0.2, 0.25) is 0 Å². The van der Waals surface area contributed by atoms with E-state index in [9.17, 15) is 0 Å². The van der Waals surface area contributed by atoms with E-state index in [-0.39, 0.29) is 0 Å². The quantitative estimate of drug-likeness (QED) is 0.774. The highest BCUT2D eigenvalue weighted by molar-refractivity contribution is 6.29. The molecule has 0 aromatic carbocycles. The number of hydrogen-bond acceptors (Lipinski definition) is 5. The average molecular weight is 271 g/mol. The van der Waals surface area contributed by atoms with Gasteiger partial charge < -0.3 is 14.5 Å². The number of piperazine rings is 1. The van der Waals surface area contributed by atoms with Crippen LogP contribution >= 0.6 is 11.6 Å². The molecule has 5 nitrogen and oxygen atoms in total. The predicted octanol–water partition coefficient (Wildman–Crippen LogP) is 1.42. The van der Waals surface area contributed by atoms with Gasteiger partial charge in [-0.25, -0.2) is 9.97 Å². The van der Waals surface area contributed by atoms with Crippen LogP contribution in [0.25, 0.3) is 0 Å². The number of aromatic nitrogens is 2. The molecule has 0 spiro atoms. The summed E-state index contributed by atoms with van der Waals surface area (Å²) >= 11 is 6.02. The lowest BCUT2D eigenvalue weighted by Crippen LogP contribution is -2.46. The average Bonchev–Trinajstić information content (AvgIpc) is 2.38. The molecule has 0 unspecified atom stereocenters. The Morgan fingerprint density at radius 1 is 1.28 bits per heavy atom. The fraction of sp³-hybridized carbons (Fsp3) is 0.667. The second-order valence-electron chi connectivity index (χ2n) is 4.32. The van der Waals surface area contributed by atoms with Crippen LogP contribution in [0.4, 0.5) is 5.82 Å². The normalized spacial score (nSPS) is 17.2. The molecule has 1 aliphatic heterocycles. The lowest BCUT2D eigenvalue weighted by Gasteiger charge is -2.34. The van der Waals surface area contributed by atoms with E-state index in [0.717, 1.165) is 38.5 Å². The van der Waals surface area contributed by atoms with Crippen LogP contribution in [0.15, 0.2) is 6.07 Å². The molecule has 2 heterocycles. The van der Waals surface area contributed by atoms with Crippen molar-refractivity contribution in [3.05, 3.63) is 17.0 Å². The van der Waals surface area contributed by atoms with Crippen LogP contribution in [0.3, 0.4) is 0 Å². The van der Waals surface area contributed by atoms with Crippen LogP contribution in [0, 0.1) is 0 Å². The minimum Gasteiger partial charge on any atom is -0.377 e. The molecule has 1 aromatic rings. The number of nitrogens with zero attached hydrogens (tertiary/aromatic N) is 4. The maximum Gasteiger partial charge on any atom is 0.158 e. The van der Waals surface area contributed by atoms with Crippen molar-refractivity contribution in [2.24, 2.45) is 0 Å². The fourth-order valence-corrected chi connectivity index (χ4v) is 2.30. The zero-order chi connectivity index (χ0) is 13.0. The topological polar surface area (TPSA) is 41.5 Å². The van der Waals surface area contributed by atoms with Crippen LogP contribution in [-0.4, -0.2) is 54.7 Å². The summed E-state index contributed by atoms with van der Waals surface area (Å²) in [6, 6.07) is 1.82. The molecule has 0 atom stereocenters. The second-order valence-corrected chi connectivity index (χ2v) is 4.71. The summed E-state index contributed by atoms with van der Waals surface area (Å²) in [6.07, 6.45) is 0. The highest BCUT2D eigenvalue weighted by Gasteiger charge is 2.17. The summed E-state index contributed by atoms with van der Waals surface area (Å²) in [4.78, 5) is 13.3. The lowest BCUT2D eigenvalue weighted by atomic mass is 10.3. The summed E-state index contributed by atoms with van der Waals surface area (Å²) in [5.74, 6) is 1.54. The molecule has 6 heteroatoms. The van der Waals surface area contributed by atoms with Crippen LogP contribution in [-0.2, 0) is 11.3 Å². The Balaban J connectivity index is 2.08. The molecule has 0 radical (unpaired) electrons. The SMILES string of the molecule is CCN1CCN(c2cc(Cl)nc(COC)n2)CC1. The monoisotopic (exact) mass is 270 g/mol. The van der Waals surface area contributed by atoms with Gasteiger partial charge in [0, 0.05) is 39.4 Å². The number of methoxy groups -OCH3 is 1. The third kappa shape index (κ3) is 3.31. The van der Waals surface area contributed by atoms with Gasteiger partial charge in [-0.1, -0.05) is 18.5 Å². The predicted molar refractivity (Wildman–Crippen MR) is 72.1 cm³/mol. The number of likely N-dealkylation sites (N-methyl/N-ethyl adjacent to an activating group) is 1. The van der Waals surface area contributed by atoms with E-state index in [4.69, 9.17) is 16.3 Å². The molecule has 1 aromatic heterocycles. The molecule has 1 saturated heterocycles.